The Morgan fingerprint density at radius 1 is 0.439 bits per heavy atom. The van der Waals surface area contributed by atoms with Crippen LogP contribution in [0, 0.1) is 11.6 Å². The van der Waals surface area contributed by atoms with Gasteiger partial charge in [0.2, 0.25) is 0 Å². The number of hydrogen-bond acceptors (Lipinski definition) is 4. The van der Waals surface area contributed by atoms with Crippen LogP contribution in [0.3, 0.4) is 0 Å². The predicted molar refractivity (Wildman–Crippen MR) is 280 cm³/mol. The Bertz CT molecular complexity index is 3830. The van der Waals surface area contributed by atoms with Crippen LogP contribution in [0.5, 0.6) is 0 Å². The first kappa shape index (κ1) is 40.3. The highest BCUT2D eigenvalue weighted by Crippen LogP contribution is 2.49. The fourth-order valence-corrected chi connectivity index (χ4v) is 13.0. The molecule has 12 aromatic rings. The molecule has 0 fully saturated rings. The molecule has 0 aliphatic rings. The minimum Gasteiger partial charge on any atom is -0.454 e. The van der Waals surface area contributed by atoms with Crippen molar-refractivity contribution in [2.45, 2.75) is 38.8 Å². The molecule has 10 aromatic carbocycles. The lowest BCUT2D eigenvalue weighted by atomic mass is 9.92. The van der Waals surface area contributed by atoms with Gasteiger partial charge in [-0.15, -0.1) is 0 Å². The molecule has 0 saturated carbocycles. The summed E-state index contributed by atoms with van der Waals surface area (Å²) in [5.41, 5.74) is 9.98. The van der Waals surface area contributed by atoms with Crippen molar-refractivity contribution in [2.24, 2.45) is 0 Å². The van der Waals surface area contributed by atoms with Crippen LogP contribution in [-0.2, 0) is 6.04 Å². The predicted octanol–water partition coefficient (Wildman–Crippen LogP) is 16.7. The molecule has 0 spiro atoms. The van der Waals surface area contributed by atoms with Crippen molar-refractivity contribution in [3.05, 3.63) is 187 Å². The van der Waals surface area contributed by atoms with Crippen LogP contribution in [-0.4, -0.2) is 16.9 Å². The van der Waals surface area contributed by atoms with Crippen molar-refractivity contribution >= 4 is 132 Å². The van der Waals surface area contributed by atoms with Gasteiger partial charge in [0.15, 0.2) is 11.2 Å². The largest absolute Gasteiger partial charge is 0.454 e. The average Bonchev–Trinajstić information content (AvgIpc) is 3.90. The summed E-state index contributed by atoms with van der Waals surface area (Å²) in [7, 11) is -2.69. The Kier molecular flexibility index (Phi) is 9.24. The second kappa shape index (κ2) is 15.2. The molecule has 0 bridgehead atoms. The molecule has 0 atom stereocenters. The van der Waals surface area contributed by atoms with Gasteiger partial charge in [-0.25, -0.2) is 8.78 Å². The fraction of sp³-hybridized carbons (Fsp3) is 0.103. The van der Waals surface area contributed by atoms with E-state index in [2.05, 4.69) is 164 Å². The first-order valence-electron chi connectivity index (χ1n) is 22.7. The van der Waals surface area contributed by atoms with E-state index in [0.29, 0.717) is 0 Å². The Morgan fingerprint density at radius 2 is 0.939 bits per heavy atom. The lowest BCUT2D eigenvalue weighted by molar-refractivity contribution is 0.627. The molecule has 2 aromatic heterocycles. The Hall–Kier alpha value is -7.27. The molecule has 0 N–H and O–H groups in total. The molecule has 0 unspecified atom stereocenters. The average molecular weight is 897 g/mol. The van der Waals surface area contributed by atoms with E-state index in [1.54, 1.807) is 0 Å². The maximum atomic E-state index is 14.7. The number of rotatable bonds is 9. The monoisotopic (exact) mass is 896 g/mol. The fourth-order valence-electron chi connectivity index (χ4n) is 10.3. The number of halogens is 2. The van der Waals surface area contributed by atoms with E-state index >= 15 is 0 Å². The number of hydrogen-bond donors (Lipinski definition) is 0. The first-order valence-corrected chi connectivity index (χ1v) is 29.3. The topological polar surface area (TPSA) is 32.8 Å². The first-order chi connectivity index (χ1) is 32.0. The van der Waals surface area contributed by atoms with Gasteiger partial charge >= 0.3 is 0 Å². The zero-order valence-corrected chi connectivity index (χ0v) is 39.6. The van der Waals surface area contributed by atoms with Gasteiger partial charge in [-0.05, 0) is 123 Å². The smallest absolute Gasteiger partial charge is 0.159 e. The molecule has 2 heterocycles. The molecule has 66 heavy (non-hydrogen) atoms. The van der Waals surface area contributed by atoms with Crippen molar-refractivity contribution in [3.63, 3.8) is 0 Å². The quantitative estimate of drug-likeness (QED) is 0.107. The normalized spacial score (nSPS) is 12.4. The molecule has 0 amide bonds. The maximum Gasteiger partial charge on any atom is 0.159 e. The second-order valence-corrected chi connectivity index (χ2v) is 27.3. The lowest BCUT2D eigenvalue weighted by Crippen LogP contribution is -2.37. The van der Waals surface area contributed by atoms with Crippen molar-refractivity contribution in [2.75, 3.05) is 9.80 Å². The van der Waals surface area contributed by atoms with Crippen molar-refractivity contribution in [1.82, 2.24) is 0 Å². The van der Waals surface area contributed by atoms with Gasteiger partial charge in [0.1, 0.15) is 22.8 Å². The van der Waals surface area contributed by atoms with Crippen molar-refractivity contribution < 1.29 is 17.6 Å². The summed E-state index contributed by atoms with van der Waals surface area (Å²) in [5, 5.41) is 12.2. The summed E-state index contributed by atoms with van der Waals surface area (Å²) >= 11 is 0. The van der Waals surface area contributed by atoms with Gasteiger partial charge in [-0.3, -0.25) is 0 Å². The Balaban J connectivity index is 1.07. The number of furan rings is 2. The molecular weight excluding hydrogens is 851 g/mol. The van der Waals surface area contributed by atoms with E-state index in [1.807, 2.05) is 24.3 Å². The van der Waals surface area contributed by atoms with Crippen LogP contribution in [0.4, 0.5) is 42.9 Å². The summed E-state index contributed by atoms with van der Waals surface area (Å²) in [5.74, 6) is -0.590. The number of anilines is 6. The zero-order chi connectivity index (χ0) is 45.0. The van der Waals surface area contributed by atoms with Gasteiger partial charge in [-0.1, -0.05) is 124 Å². The van der Waals surface area contributed by atoms with Gasteiger partial charge in [0, 0.05) is 52.8 Å². The zero-order valence-electron chi connectivity index (χ0n) is 37.4. The van der Waals surface area contributed by atoms with Crippen LogP contribution >= 0.6 is 0 Å². The summed E-state index contributed by atoms with van der Waals surface area (Å²) in [6, 6.07) is 57.7. The van der Waals surface area contributed by atoms with Gasteiger partial charge in [-0.2, -0.15) is 0 Å². The summed E-state index contributed by atoms with van der Waals surface area (Å²) < 4.78 is 43.2. The molecule has 322 valence electrons. The van der Waals surface area contributed by atoms with E-state index in [1.165, 1.54) is 35.0 Å². The molecule has 4 nitrogen and oxygen atoms in total. The number of nitrogens with zero attached hydrogens (tertiary/aromatic N) is 2. The highest BCUT2D eigenvalue weighted by molar-refractivity contribution is 6.90. The second-order valence-electron chi connectivity index (χ2n) is 19.1. The molecule has 12 rings (SSSR count). The third kappa shape index (κ3) is 6.42. The van der Waals surface area contributed by atoms with Gasteiger partial charge in [0.25, 0.3) is 0 Å². The van der Waals surface area contributed by atoms with E-state index in [9.17, 15) is 8.78 Å². The van der Waals surface area contributed by atoms with Crippen LogP contribution in [0.25, 0.3) is 76.2 Å². The maximum absolute atomic E-state index is 14.7. The minimum absolute atomic E-state index is 0.295. The number of para-hydroxylation sites is 4. The molecular formula is C58H46F2N2O2Si2. The minimum atomic E-state index is -1.76. The highest BCUT2D eigenvalue weighted by atomic mass is 28.3. The molecule has 0 aliphatic carbocycles. The molecule has 0 aliphatic heterocycles. The molecule has 0 saturated heterocycles. The third-order valence-corrected chi connectivity index (χ3v) is 16.5. The SMILES string of the molecule is C[SiH](C)Cc1cccc2c1oc1c(N(c3ccc(F)cc3)c3ccc4ccc5cc(N(c6ccc(F)cc6)c6cccc7c6oc6c([Si](C)(C)C)cccc67)cc6ccc3c4c56)cccc12. The number of benzene rings is 10. The van der Waals surface area contributed by atoms with E-state index < -0.39 is 16.9 Å². The van der Waals surface area contributed by atoms with Crippen LogP contribution in [0.1, 0.15) is 5.56 Å². The van der Waals surface area contributed by atoms with Gasteiger partial charge in [0.05, 0.1) is 25.1 Å². The standard InChI is InChI=1S/C58H46F2N2O2Si2/c1-65(2)34-38-10-6-11-44-45-12-8-16-51(57(45)63-55(38)44)62(42-28-24-40(60)25-29-42)49-31-21-35-18-19-36-32-43(33-37-20-30-48(49)54(35)53(36)37)61(41-26-22-39(59)23-27-41)50-15-7-13-46-47-14-9-17-52(66(3,4)5)58(47)64-56(46)50/h6-33,65H,34H2,1-5H3. The van der Waals surface area contributed by atoms with Crippen LogP contribution in [0.2, 0.25) is 32.7 Å². The third-order valence-electron chi connectivity index (χ3n) is 13.2. The summed E-state index contributed by atoms with van der Waals surface area (Å²) in [4.78, 5) is 4.41. The van der Waals surface area contributed by atoms with E-state index in [4.69, 9.17) is 8.83 Å². The lowest BCUT2D eigenvalue weighted by Gasteiger charge is -2.28. The van der Waals surface area contributed by atoms with Crippen molar-refractivity contribution in [1.29, 1.82) is 0 Å². The highest BCUT2D eigenvalue weighted by Gasteiger charge is 2.27. The summed E-state index contributed by atoms with van der Waals surface area (Å²) in [6.07, 6.45) is 0. The molecule has 8 heteroatoms. The number of fused-ring (bicyclic) bond motifs is 6. The Labute approximate surface area is 383 Å². The Morgan fingerprint density at radius 3 is 1.56 bits per heavy atom. The molecule has 0 radical (unpaired) electrons. The van der Waals surface area contributed by atoms with Gasteiger partial charge < -0.3 is 18.6 Å². The van der Waals surface area contributed by atoms with Crippen LogP contribution < -0.4 is 15.0 Å². The van der Waals surface area contributed by atoms with Crippen LogP contribution in [0.15, 0.2) is 179 Å². The summed E-state index contributed by atoms with van der Waals surface area (Å²) in [6.45, 7) is 11.8. The van der Waals surface area contributed by atoms with Crippen molar-refractivity contribution in [3.8, 4) is 0 Å². The van der Waals surface area contributed by atoms with E-state index in [-0.39, 0.29) is 11.6 Å². The van der Waals surface area contributed by atoms with E-state index in [0.717, 1.165) is 116 Å².